The van der Waals surface area contributed by atoms with Gasteiger partial charge >= 0.3 is 31.1 Å². The maximum Gasteiger partial charge on any atom is 3.00 e. The number of hydrogen-bond donors (Lipinski definition) is 0. The van der Waals surface area contributed by atoms with Gasteiger partial charge in [-0.1, -0.05) is 133 Å². The molecule has 0 saturated heterocycles. The Labute approximate surface area is 217 Å². The summed E-state index contributed by atoms with van der Waals surface area (Å²) in [6, 6.07) is 0. The van der Waals surface area contributed by atoms with Gasteiger partial charge in [0.05, 0.1) is 0 Å². The van der Waals surface area contributed by atoms with E-state index in [2.05, 4.69) is 107 Å². The van der Waals surface area contributed by atoms with Crippen LogP contribution in [0.1, 0.15) is 62.3 Å². The van der Waals surface area contributed by atoms with Crippen LogP contribution >= 0.6 is 0 Å². The van der Waals surface area contributed by atoms with E-state index in [1.54, 1.807) is 0 Å². The third-order valence-electron chi connectivity index (χ3n) is 7.63. The van der Waals surface area contributed by atoms with Gasteiger partial charge in [0.25, 0.3) is 0 Å². The summed E-state index contributed by atoms with van der Waals surface area (Å²) in [5.74, 6) is 0. The second-order valence-corrected chi connectivity index (χ2v) is 27.9. The minimum absolute atomic E-state index is 0. The first kappa shape index (κ1) is 33.7. The second kappa shape index (κ2) is 11.8. The summed E-state index contributed by atoms with van der Waals surface area (Å²) in [7, 11) is -4.95. The van der Waals surface area contributed by atoms with Gasteiger partial charge < -0.3 is 20.1 Å². The maximum absolute atomic E-state index is 5.33. The molecule has 0 heterocycles. The molecule has 0 atom stereocenters. The van der Waals surface area contributed by atoms with Crippen LogP contribution in [-0.2, 0) is 0 Å². The van der Waals surface area contributed by atoms with Crippen LogP contribution in [-0.4, -0.2) is 55.9 Å². The van der Waals surface area contributed by atoms with Crippen molar-refractivity contribution in [3.8, 4) is 0 Å². The van der Waals surface area contributed by atoms with E-state index < -0.39 is 24.7 Å². The van der Waals surface area contributed by atoms with Crippen molar-refractivity contribution in [3.05, 3.63) is 15.1 Å². The van der Waals surface area contributed by atoms with Gasteiger partial charge in [0.15, 0.2) is 0 Å². The van der Waals surface area contributed by atoms with Crippen molar-refractivity contribution >= 4 is 24.7 Å². The van der Waals surface area contributed by atoms with Crippen LogP contribution in [0.2, 0.25) is 54.4 Å². The first-order chi connectivity index (χ1) is 12.5. The van der Waals surface area contributed by atoms with Crippen LogP contribution in [0.15, 0.2) is 0 Å². The SMILES string of the molecule is CC(C)(C)[Si](C)(C)[N-]CCN(CC[N-][Si](C)(C)C(C)(C)C)[N-][Si](C)(C)C(C)(C)C.[U+3]. The average molecular weight is 696 g/mol. The average Bonchev–Trinajstić information content (AvgIpc) is 2.42. The van der Waals surface area contributed by atoms with E-state index >= 15 is 0 Å². The molecule has 0 aliphatic rings. The van der Waals surface area contributed by atoms with Crippen molar-refractivity contribution in [2.45, 2.75) is 117 Å². The van der Waals surface area contributed by atoms with Gasteiger partial charge in [-0.3, -0.25) is 0 Å². The Hall–Kier alpha value is 1.54. The van der Waals surface area contributed by atoms with E-state index in [1.165, 1.54) is 0 Å². The topological polar surface area (TPSA) is 45.5 Å². The standard InChI is InChI=1S/C22H53N4Si3.U/c1-20(2,3)27(10,11)23-16-18-26(25-29(14,15)22(7,8)9)19-17-24-28(12,13)21(4,5)6;/h16-19H2,1-15H3;/q-3;+3. The summed E-state index contributed by atoms with van der Waals surface area (Å²) in [6.07, 6.45) is 0. The van der Waals surface area contributed by atoms with Crippen molar-refractivity contribution in [1.29, 1.82) is 0 Å². The van der Waals surface area contributed by atoms with Gasteiger partial charge in [-0.05, 0) is 21.3 Å². The molecule has 0 aromatic rings. The molecular weight excluding hydrogens is 643 g/mol. The molecule has 0 spiro atoms. The first-order valence-corrected chi connectivity index (χ1v) is 20.2. The van der Waals surface area contributed by atoms with Crippen molar-refractivity contribution in [1.82, 2.24) is 5.01 Å². The number of rotatable bonds is 10. The zero-order chi connectivity index (χ0) is 23.5. The third-order valence-corrected chi connectivity index (χ3v) is 21.5. The summed E-state index contributed by atoms with van der Waals surface area (Å²) in [4.78, 5) is 10.4. The Morgan fingerprint density at radius 1 is 0.533 bits per heavy atom. The molecule has 0 fully saturated rings. The molecule has 0 unspecified atom stereocenters. The van der Waals surface area contributed by atoms with Crippen LogP contribution < -0.4 is 0 Å². The van der Waals surface area contributed by atoms with Gasteiger partial charge in [0, 0.05) is 0 Å². The molecule has 1 radical (unpaired) electrons. The van der Waals surface area contributed by atoms with Crippen LogP contribution in [0.5, 0.6) is 0 Å². The molecule has 8 heteroatoms. The molecule has 0 amide bonds. The van der Waals surface area contributed by atoms with Crippen LogP contribution in [0.3, 0.4) is 0 Å². The summed E-state index contributed by atoms with van der Waals surface area (Å²) in [5, 5.41) is 8.49. The monoisotopic (exact) mass is 695 g/mol. The van der Waals surface area contributed by atoms with Gasteiger partial charge in [-0.25, -0.2) is 0 Å². The van der Waals surface area contributed by atoms with Gasteiger partial charge in [-0.15, -0.1) is 13.1 Å². The minimum Gasteiger partial charge on any atom is -0.663 e. The fourth-order valence-electron chi connectivity index (χ4n) is 2.08. The zero-order valence-corrected chi connectivity index (χ0v) is 30.3. The smallest absolute Gasteiger partial charge is 0.663 e. The van der Waals surface area contributed by atoms with Gasteiger partial charge in [0.1, 0.15) is 0 Å². The summed E-state index contributed by atoms with van der Waals surface area (Å²) in [6.45, 7) is 38.9. The predicted molar refractivity (Wildman–Crippen MR) is 143 cm³/mol. The van der Waals surface area contributed by atoms with Crippen LogP contribution in [0.25, 0.3) is 15.1 Å². The molecule has 0 rings (SSSR count). The second-order valence-electron chi connectivity index (χ2n) is 13.2. The Bertz CT molecular complexity index is 472. The van der Waals surface area contributed by atoms with E-state index in [9.17, 15) is 0 Å². The largest absolute Gasteiger partial charge is 3.00 e. The quantitative estimate of drug-likeness (QED) is 0.168. The number of hydrogen-bond acceptors (Lipinski definition) is 1. The first-order valence-electron chi connectivity index (χ1n) is 11.4. The van der Waals surface area contributed by atoms with Crippen molar-refractivity contribution in [2.24, 2.45) is 0 Å². The molecule has 0 aromatic carbocycles. The Kier molecular flexibility index (Phi) is 13.3. The summed E-state index contributed by atoms with van der Waals surface area (Å²) < 4.78 is 0. The van der Waals surface area contributed by atoms with Crippen LogP contribution in [0, 0.1) is 31.1 Å². The maximum atomic E-state index is 5.33. The molecule has 177 valence electrons. The Balaban J connectivity index is 0. The minimum atomic E-state index is -1.74. The van der Waals surface area contributed by atoms with Gasteiger partial charge in [0.2, 0.25) is 0 Å². The molecular formula is C22H53N4Si3U. The van der Waals surface area contributed by atoms with E-state index in [0.29, 0.717) is 10.1 Å². The van der Waals surface area contributed by atoms with E-state index in [0.717, 1.165) is 26.2 Å². The normalized spacial score (nSPS) is 14.8. The van der Waals surface area contributed by atoms with E-state index in [4.69, 9.17) is 15.1 Å². The molecule has 0 saturated carbocycles. The fourth-order valence-corrected chi connectivity index (χ4v) is 5.55. The summed E-state index contributed by atoms with van der Waals surface area (Å²) >= 11 is 0. The molecule has 0 bridgehead atoms. The van der Waals surface area contributed by atoms with E-state index in [1.807, 2.05) is 0 Å². The number of nitrogens with zero attached hydrogens (tertiary/aromatic N) is 4. The molecule has 30 heavy (non-hydrogen) atoms. The van der Waals surface area contributed by atoms with Crippen LogP contribution in [0.4, 0.5) is 0 Å². The molecule has 0 aliphatic heterocycles. The molecule has 4 nitrogen and oxygen atoms in total. The Morgan fingerprint density at radius 2 is 0.800 bits per heavy atom. The fraction of sp³-hybridized carbons (Fsp3) is 1.00. The van der Waals surface area contributed by atoms with Crippen molar-refractivity contribution < 1.29 is 31.1 Å². The van der Waals surface area contributed by atoms with Gasteiger partial charge in [-0.2, -0.15) is 0 Å². The predicted octanol–water partition coefficient (Wildman–Crippen LogP) is 8.34. The third kappa shape index (κ3) is 10.6. The molecule has 0 aliphatic carbocycles. The summed E-state index contributed by atoms with van der Waals surface area (Å²) in [5.41, 5.74) is 0. The molecule has 0 aromatic heterocycles. The van der Waals surface area contributed by atoms with Crippen molar-refractivity contribution in [3.63, 3.8) is 0 Å². The van der Waals surface area contributed by atoms with Crippen molar-refractivity contribution in [2.75, 3.05) is 26.2 Å². The Morgan fingerprint density at radius 3 is 1.03 bits per heavy atom. The van der Waals surface area contributed by atoms with E-state index in [-0.39, 0.29) is 36.2 Å². The zero-order valence-electron chi connectivity index (χ0n) is 23.1. The molecule has 0 N–H and O–H groups in total.